The third kappa shape index (κ3) is 8.47. The molecule has 4 rings (SSSR count). The molecule has 258 valence electrons. The summed E-state index contributed by atoms with van der Waals surface area (Å²) in [5.41, 5.74) is 8.59. The smallest absolute Gasteiger partial charge is 0.171 e. The van der Waals surface area contributed by atoms with Gasteiger partial charge in [-0.2, -0.15) is 0 Å². The number of ketones is 2. The maximum absolute atomic E-state index is 14.2. The monoisotopic (exact) mass is 646 g/mol. The molecule has 1 aromatic rings. The average Bonchev–Trinajstić information content (AvgIpc) is 3.63. The molecule has 0 saturated heterocycles. The van der Waals surface area contributed by atoms with Crippen molar-refractivity contribution in [2.75, 3.05) is 0 Å². The summed E-state index contributed by atoms with van der Waals surface area (Å²) in [7, 11) is 0. The molecule has 0 amide bonds. The van der Waals surface area contributed by atoms with E-state index in [1.54, 1.807) is 0 Å². The third-order valence-corrected chi connectivity index (χ3v) is 11.7. The van der Waals surface area contributed by atoms with Crippen molar-refractivity contribution in [2.45, 2.75) is 132 Å². The summed E-state index contributed by atoms with van der Waals surface area (Å²) in [6, 6.07) is 7.49. The van der Waals surface area contributed by atoms with Crippen molar-refractivity contribution < 1.29 is 9.59 Å². The highest BCUT2D eigenvalue weighted by Gasteiger charge is 2.71. The Balaban J connectivity index is 1.21. The fourth-order valence-electron chi connectivity index (χ4n) is 8.46. The van der Waals surface area contributed by atoms with Gasteiger partial charge in [-0.1, -0.05) is 113 Å². The first kappa shape index (κ1) is 37.6. The van der Waals surface area contributed by atoms with E-state index in [9.17, 15) is 9.59 Å². The largest absolute Gasteiger partial charge is 0.293 e. The fraction of sp³-hybridized carbons (Fsp3) is 0.522. The molecule has 1 aromatic carbocycles. The molecular weight excluding hydrogens is 585 g/mol. The maximum Gasteiger partial charge on any atom is 0.171 e. The van der Waals surface area contributed by atoms with Gasteiger partial charge in [0.25, 0.3) is 0 Å². The van der Waals surface area contributed by atoms with E-state index in [1.165, 1.54) is 39.9 Å². The van der Waals surface area contributed by atoms with Crippen molar-refractivity contribution in [1.82, 2.24) is 0 Å². The minimum atomic E-state index is -0.662. The lowest BCUT2D eigenvalue weighted by Crippen LogP contribution is -2.56. The van der Waals surface area contributed by atoms with Crippen LogP contribution in [0.1, 0.15) is 153 Å². The summed E-state index contributed by atoms with van der Waals surface area (Å²) in [6.07, 6.45) is 31.3. The Bertz CT molecular complexity index is 1550. The van der Waals surface area contributed by atoms with E-state index < -0.39 is 10.8 Å². The molecule has 0 spiro atoms. The second kappa shape index (κ2) is 16.9. The molecule has 0 heterocycles. The van der Waals surface area contributed by atoms with Crippen molar-refractivity contribution in [2.24, 2.45) is 22.7 Å². The number of fused-ring (bicyclic) bond motifs is 6. The van der Waals surface area contributed by atoms with Gasteiger partial charge in [-0.3, -0.25) is 9.59 Å². The van der Waals surface area contributed by atoms with Gasteiger partial charge in [-0.25, -0.2) is 0 Å². The Morgan fingerprint density at radius 2 is 0.979 bits per heavy atom. The number of hydrogen-bond donors (Lipinski definition) is 0. The van der Waals surface area contributed by atoms with Crippen LogP contribution in [-0.2, 0) is 0 Å². The number of allylic oxidation sites excluding steroid dienone is 14. The Hall–Kier alpha value is -3.26. The van der Waals surface area contributed by atoms with E-state index in [0.29, 0.717) is 17.5 Å². The van der Waals surface area contributed by atoms with Gasteiger partial charge in [0.05, 0.1) is 10.8 Å². The van der Waals surface area contributed by atoms with Crippen molar-refractivity contribution in [3.8, 4) is 0 Å². The van der Waals surface area contributed by atoms with Crippen LogP contribution < -0.4 is 0 Å². The summed E-state index contributed by atoms with van der Waals surface area (Å²) in [4.78, 5) is 28.1. The molecular formula is C46H62O2. The summed E-state index contributed by atoms with van der Waals surface area (Å²) in [5, 5.41) is 0. The molecule has 3 aliphatic carbocycles. The Kier molecular flexibility index (Phi) is 13.2. The van der Waals surface area contributed by atoms with E-state index in [2.05, 4.69) is 104 Å². The molecule has 0 N–H and O–H groups in total. The Morgan fingerprint density at radius 1 is 0.583 bits per heavy atom. The van der Waals surface area contributed by atoms with E-state index in [-0.39, 0.29) is 23.4 Å². The van der Waals surface area contributed by atoms with Crippen LogP contribution in [0.2, 0.25) is 0 Å². The predicted molar refractivity (Wildman–Crippen MR) is 205 cm³/mol. The van der Waals surface area contributed by atoms with Crippen molar-refractivity contribution in [3.05, 3.63) is 117 Å². The maximum atomic E-state index is 14.2. The number of Topliss-reactive ketones (excluding diaryl/α,β-unsaturated/α-hetero) is 2. The lowest BCUT2D eigenvalue weighted by atomic mass is 9.49. The summed E-state index contributed by atoms with van der Waals surface area (Å²) in [6.45, 7) is 17.7. The van der Waals surface area contributed by atoms with Crippen LogP contribution >= 0.6 is 0 Å². The van der Waals surface area contributed by atoms with Crippen LogP contribution in [0.3, 0.4) is 0 Å². The highest BCUT2D eigenvalue weighted by Crippen LogP contribution is 2.69. The number of hydrogen-bond acceptors (Lipinski definition) is 2. The Labute approximate surface area is 293 Å². The molecule has 2 unspecified atom stereocenters. The topological polar surface area (TPSA) is 34.1 Å². The van der Waals surface area contributed by atoms with Crippen molar-refractivity contribution >= 4 is 11.6 Å². The molecule has 2 nitrogen and oxygen atoms in total. The standard InChI is InChI=1S/C46H62O2/c1-33(2)16-11-17-34(3)18-12-19-35(4)20-13-21-36(5)22-14-23-37(6)24-15-25-38(7)30-31-46-40-29-28-39(32-40)45(46,8)43(47)41-26-9-10-27-42(41)44(46)48/h9-10,16,18,20,22,24,26-30,39-40H,11-15,17,19,21,23,25,31-32H2,1-8H3/b34-18+,35-20+,36-22+,37-24+,38-30+/t39-,40+,45?,46?/m1/s1. The first-order valence-electron chi connectivity index (χ1n) is 18.7. The zero-order chi connectivity index (χ0) is 34.9. The van der Waals surface area contributed by atoms with Gasteiger partial charge in [-0.05, 0) is 137 Å². The second-order valence-corrected chi connectivity index (χ2v) is 15.6. The van der Waals surface area contributed by atoms with Gasteiger partial charge in [0.1, 0.15) is 0 Å². The van der Waals surface area contributed by atoms with Crippen LogP contribution in [0.25, 0.3) is 0 Å². The highest BCUT2D eigenvalue weighted by molar-refractivity contribution is 6.20. The van der Waals surface area contributed by atoms with Gasteiger partial charge >= 0.3 is 0 Å². The zero-order valence-electron chi connectivity index (χ0n) is 31.4. The lowest BCUT2D eigenvalue weighted by molar-refractivity contribution is 0.0242. The summed E-state index contributed by atoms with van der Waals surface area (Å²) in [5.74, 6) is 0.624. The normalized spacial score (nSPS) is 25.9. The van der Waals surface area contributed by atoms with Crippen LogP contribution in [0.15, 0.2) is 106 Å². The minimum absolute atomic E-state index is 0.138. The number of benzene rings is 1. The lowest BCUT2D eigenvalue weighted by Gasteiger charge is -2.50. The molecule has 1 fully saturated rings. The highest BCUT2D eigenvalue weighted by atomic mass is 16.1. The zero-order valence-corrected chi connectivity index (χ0v) is 31.4. The van der Waals surface area contributed by atoms with Gasteiger partial charge in [0.2, 0.25) is 0 Å². The molecule has 2 bridgehead atoms. The van der Waals surface area contributed by atoms with Crippen LogP contribution in [0.4, 0.5) is 0 Å². The minimum Gasteiger partial charge on any atom is -0.293 e. The van der Waals surface area contributed by atoms with Crippen molar-refractivity contribution in [1.29, 1.82) is 0 Å². The molecule has 3 aliphatic rings. The molecule has 48 heavy (non-hydrogen) atoms. The van der Waals surface area contributed by atoms with E-state index in [1.807, 2.05) is 24.3 Å². The Morgan fingerprint density at radius 3 is 1.44 bits per heavy atom. The number of carbonyl (C=O) groups excluding carboxylic acids is 2. The van der Waals surface area contributed by atoms with Gasteiger partial charge < -0.3 is 0 Å². The molecule has 0 aliphatic heterocycles. The van der Waals surface area contributed by atoms with E-state index in [4.69, 9.17) is 0 Å². The molecule has 0 radical (unpaired) electrons. The van der Waals surface area contributed by atoms with E-state index in [0.717, 1.165) is 64.2 Å². The SMILES string of the molecule is CC(C)=CCC/C(C)=C/CC/C(C)=C/CC/C(C)=C/CC/C(C)=C/CC/C(C)=C/CC12C(=O)c3ccccc3C(=O)C1(C)[C@@H]1C=C[C@H]2C1. The summed E-state index contributed by atoms with van der Waals surface area (Å²) >= 11 is 0. The molecule has 2 heteroatoms. The van der Waals surface area contributed by atoms with E-state index >= 15 is 0 Å². The average molecular weight is 647 g/mol. The molecule has 1 saturated carbocycles. The van der Waals surface area contributed by atoms with Crippen molar-refractivity contribution in [3.63, 3.8) is 0 Å². The van der Waals surface area contributed by atoms with Gasteiger partial charge in [0, 0.05) is 11.1 Å². The third-order valence-electron chi connectivity index (χ3n) is 11.7. The second-order valence-electron chi connectivity index (χ2n) is 15.6. The summed E-state index contributed by atoms with van der Waals surface area (Å²) < 4.78 is 0. The first-order chi connectivity index (χ1) is 22.9. The number of carbonyl (C=O) groups is 2. The molecule has 0 aromatic heterocycles. The quantitative estimate of drug-likeness (QED) is 0.158. The number of rotatable bonds is 17. The molecule has 4 atom stereocenters. The van der Waals surface area contributed by atoms with Crippen LogP contribution in [-0.4, -0.2) is 11.6 Å². The van der Waals surface area contributed by atoms with Gasteiger partial charge in [-0.15, -0.1) is 0 Å². The van der Waals surface area contributed by atoms with Crippen LogP contribution in [0, 0.1) is 22.7 Å². The first-order valence-corrected chi connectivity index (χ1v) is 18.7. The fourth-order valence-corrected chi connectivity index (χ4v) is 8.46. The predicted octanol–water partition coefficient (Wildman–Crippen LogP) is 13.3. The van der Waals surface area contributed by atoms with Crippen LogP contribution in [0.5, 0.6) is 0 Å². The van der Waals surface area contributed by atoms with Gasteiger partial charge in [0.15, 0.2) is 11.6 Å².